The van der Waals surface area contributed by atoms with Gasteiger partial charge in [-0.1, -0.05) is 20.8 Å². The Morgan fingerprint density at radius 3 is 2.72 bits per heavy atom. The Hall–Kier alpha value is -2.25. The molecule has 0 aromatic carbocycles. The first-order valence-electron chi connectivity index (χ1n) is 8.73. The van der Waals surface area contributed by atoms with Crippen molar-refractivity contribution in [2.45, 2.75) is 58.5 Å². The molecule has 1 amide bonds. The normalized spacial score (nSPS) is 16.8. The molecule has 2 rings (SSSR count). The van der Waals surface area contributed by atoms with E-state index in [2.05, 4.69) is 36.1 Å². The van der Waals surface area contributed by atoms with E-state index >= 15 is 0 Å². The van der Waals surface area contributed by atoms with Gasteiger partial charge in [-0.25, -0.2) is 14.8 Å². The van der Waals surface area contributed by atoms with Crippen molar-refractivity contribution in [3.63, 3.8) is 0 Å². The van der Waals surface area contributed by atoms with Crippen molar-refractivity contribution in [2.75, 3.05) is 19.7 Å². The molecule has 1 aliphatic rings. The van der Waals surface area contributed by atoms with E-state index in [-0.39, 0.29) is 17.6 Å². The molecule has 1 fully saturated rings. The van der Waals surface area contributed by atoms with Crippen molar-refractivity contribution in [3.8, 4) is 0 Å². The summed E-state index contributed by atoms with van der Waals surface area (Å²) in [6.07, 6.45) is 3.10. The molecule has 0 radical (unpaired) electrons. The molecular weight excluding hydrogens is 322 g/mol. The number of carbonyl (C=O) groups excluding carboxylic acids is 1. The second kappa shape index (κ2) is 8.22. The Kier molecular flexibility index (Phi) is 6.27. The monoisotopic (exact) mass is 351 g/mol. The zero-order valence-electron chi connectivity index (χ0n) is 15.5. The highest BCUT2D eigenvalue weighted by molar-refractivity contribution is 5.78. The number of nitrogens with two attached hydrogens (primary N) is 1. The van der Waals surface area contributed by atoms with Crippen molar-refractivity contribution in [2.24, 2.45) is 10.7 Å². The van der Waals surface area contributed by atoms with Gasteiger partial charge in [0.1, 0.15) is 12.3 Å². The summed E-state index contributed by atoms with van der Waals surface area (Å²) in [4.78, 5) is 21.9. The molecule has 8 nitrogen and oxygen atoms in total. The van der Waals surface area contributed by atoms with E-state index < -0.39 is 0 Å². The molecule has 2 heterocycles. The van der Waals surface area contributed by atoms with Crippen LogP contribution in [-0.4, -0.2) is 47.7 Å². The first-order valence-corrected chi connectivity index (χ1v) is 8.73. The molecule has 8 heteroatoms. The van der Waals surface area contributed by atoms with Gasteiger partial charge in [-0.05, 0) is 19.8 Å². The quantitative estimate of drug-likeness (QED) is 0.635. The third-order valence-electron chi connectivity index (χ3n) is 4.05. The summed E-state index contributed by atoms with van der Waals surface area (Å²) in [5.41, 5.74) is 5.87. The van der Waals surface area contributed by atoms with Crippen molar-refractivity contribution < 1.29 is 13.9 Å². The molecule has 25 heavy (non-hydrogen) atoms. The zero-order chi connectivity index (χ0) is 18.4. The maximum atomic E-state index is 11.7. The lowest BCUT2D eigenvalue weighted by Gasteiger charge is -2.31. The third kappa shape index (κ3) is 5.65. The van der Waals surface area contributed by atoms with Crippen LogP contribution in [0.5, 0.6) is 0 Å². The topological polar surface area (TPSA) is 106 Å². The van der Waals surface area contributed by atoms with Crippen LogP contribution in [0.3, 0.4) is 0 Å². The minimum atomic E-state index is -0.249. The fraction of sp³-hybridized carbons (Fsp3) is 0.706. The lowest BCUT2D eigenvalue weighted by atomic mass is 9.94. The Balaban J connectivity index is 1.78. The number of aromatic nitrogens is 1. The number of ether oxygens (including phenoxy) is 1. The summed E-state index contributed by atoms with van der Waals surface area (Å²) < 4.78 is 10.7. The van der Waals surface area contributed by atoms with Gasteiger partial charge in [0.15, 0.2) is 5.96 Å². The number of guanidine groups is 1. The van der Waals surface area contributed by atoms with Gasteiger partial charge in [0.25, 0.3) is 0 Å². The van der Waals surface area contributed by atoms with Crippen LogP contribution in [0.15, 0.2) is 15.6 Å². The first-order chi connectivity index (χ1) is 11.8. The maximum absolute atomic E-state index is 11.7. The molecule has 0 saturated carbocycles. The Morgan fingerprint density at radius 2 is 2.16 bits per heavy atom. The van der Waals surface area contributed by atoms with Crippen LogP contribution in [-0.2, 0) is 16.7 Å². The summed E-state index contributed by atoms with van der Waals surface area (Å²) in [7, 11) is 0. The Labute approximate surface area is 148 Å². The summed E-state index contributed by atoms with van der Waals surface area (Å²) in [5.74, 6) is 1.74. The minimum absolute atomic E-state index is 0.0777. The van der Waals surface area contributed by atoms with Gasteiger partial charge >= 0.3 is 6.09 Å². The Morgan fingerprint density at radius 1 is 1.48 bits per heavy atom. The molecule has 1 aromatic rings. The number of oxazole rings is 1. The van der Waals surface area contributed by atoms with Gasteiger partial charge in [-0.3, -0.25) is 0 Å². The minimum Gasteiger partial charge on any atom is -0.450 e. The number of hydrogen-bond acceptors (Lipinski definition) is 5. The number of nitrogens with zero attached hydrogens (tertiary/aromatic N) is 3. The molecular formula is C17H29N5O3. The maximum Gasteiger partial charge on any atom is 0.409 e. The average Bonchev–Trinajstić information content (AvgIpc) is 3.03. The fourth-order valence-corrected chi connectivity index (χ4v) is 2.56. The predicted octanol–water partition coefficient (Wildman–Crippen LogP) is 2.00. The summed E-state index contributed by atoms with van der Waals surface area (Å²) in [5, 5.41) is 3.20. The van der Waals surface area contributed by atoms with Crippen LogP contribution in [0.25, 0.3) is 0 Å². The molecule has 1 aliphatic heterocycles. The molecule has 1 aromatic heterocycles. The van der Waals surface area contributed by atoms with E-state index in [0.29, 0.717) is 38.1 Å². The highest BCUT2D eigenvalue weighted by Crippen LogP contribution is 2.22. The van der Waals surface area contributed by atoms with Crippen LogP contribution in [0, 0.1) is 0 Å². The molecule has 0 unspecified atom stereocenters. The summed E-state index contributed by atoms with van der Waals surface area (Å²) >= 11 is 0. The predicted molar refractivity (Wildman–Crippen MR) is 95.3 cm³/mol. The highest BCUT2D eigenvalue weighted by atomic mass is 16.6. The number of nitrogens with one attached hydrogen (secondary N) is 1. The molecule has 0 spiro atoms. The van der Waals surface area contributed by atoms with Crippen LogP contribution in [0.1, 0.15) is 52.2 Å². The number of piperidine rings is 1. The van der Waals surface area contributed by atoms with E-state index in [1.54, 1.807) is 11.1 Å². The molecule has 140 valence electrons. The second-order valence-electron chi connectivity index (χ2n) is 7.17. The SMILES string of the molecule is CCOC(=O)N1CCC(NC(N)=NCc2ncc(C(C)(C)C)o2)CC1. The largest absolute Gasteiger partial charge is 0.450 e. The molecule has 3 N–H and O–H groups in total. The number of carbonyl (C=O) groups is 1. The van der Waals surface area contributed by atoms with Gasteiger partial charge in [0, 0.05) is 24.5 Å². The number of hydrogen-bond donors (Lipinski definition) is 2. The molecule has 0 bridgehead atoms. The first kappa shape index (κ1) is 19.1. The van der Waals surface area contributed by atoms with Crippen molar-refractivity contribution in [1.29, 1.82) is 0 Å². The van der Waals surface area contributed by atoms with Crippen molar-refractivity contribution >= 4 is 12.1 Å². The average molecular weight is 351 g/mol. The van der Waals surface area contributed by atoms with Gasteiger partial charge in [-0.15, -0.1) is 0 Å². The van der Waals surface area contributed by atoms with Crippen LogP contribution >= 0.6 is 0 Å². The van der Waals surface area contributed by atoms with E-state index in [0.717, 1.165) is 18.6 Å². The highest BCUT2D eigenvalue weighted by Gasteiger charge is 2.24. The van der Waals surface area contributed by atoms with E-state index in [4.69, 9.17) is 14.9 Å². The lowest BCUT2D eigenvalue weighted by molar-refractivity contribution is 0.0963. The van der Waals surface area contributed by atoms with Gasteiger partial charge in [0.2, 0.25) is 5.89 Å². The standard InChI is InChI=1S/C17H29N5O3/c1-5-24-16(23)22-8-6-12(7-9-22)21-15(18)20-11-14-19-10-13(25-14)17(2,3)4/h10,12H,5-9,11H2,1-4H3,(H3,18,20,21). The number of likely N-dealkylation sites (tertiary alicyclic amines) is 1. The third-order valence-corrected chi connectivity index (χ3v) is 4.05. The van der Waals surface area contributed by atoms with Crippen molar-refractivity contribution in [3.05, 3.63) is 17.8 Å². The smallest absolute Gasteiger partial charge is 0.409 e. The van der Waals surface area contributed by atoms with Gasteiger partial charge in [0.05, 0.1) is 12.8 Å². The van der Waals surface area contributed by atoms with E-state index in [9.17, 15) is 4.79 Å². The van der Waals surface area contributed by atoms with E-state index in [1.165, 1.54) is 0 Å². The fourth-order valence-electron chi connectivity index (χ4n) is 2.56. The number of rotatable bonds is 4. The Bertz CT molecular complexity index is 598. The number of amides is 1. The number of aliphatic imine (C=N–C) groups is 1. The van der Waals surface area contributed by atoms with Gasteiger partial charge < -0.3 is 25.1 Å². The van der Waals surface area contributed by atoms with Crippen LogP contribution < -0.4 is 11.1 Å². The molecule has 1 saturated heterocycles. The van der Waals surface area contributed by atoms with E-state index in [1.807, 2.05) is 6.92 Å². The molecule has 0 atom stereocenters. The lowest BCUT2D eigenvalue weighted by Crippen LogP contribution is -2.48. The zero-order valence-corrected chi connectivity index (χ0v) is 15.5. The summed E-state index contributed by atoms with van der Waals surface area (Å²) in [6, 6.07) is 0.198. The molecule has 0 aliphatic carbocycles. The summed E-state index contributed by atoms with van der Waals surface area (Å²) in [6.45, 7) is 10.0. The van der Waals surface area contributed by atoms with Crippen molar-refractivity contribution in [1.82, 2.24) is 15.2 Å². The van der Waals surface area contributed by atoms with Gasteiger partial charge in [-0.2, -0.15) is 0 Å². The van der Waals surface area contributed by atoms with Crippen LogP contribution in [0.2, 0.25) is 0 Å². The second-order valence-corrected chi connectivity index (χ2v) is 7.17. The van der Waals surface area contributed by atoms with Crippen LogP contribution in [0.4, 0.5) is 4.79 Å².